The third kappa shape index (κ3) is 4.50. The van der Waals surface area contributed by atoms with Crippen LogP contribution in [0.25, 0.3) is 0 Å². The lowest BCUT2D eigenvalue weighted by atomic mass is 9.86. The lowest BCUT2D eigenvalue weighted by Gasteiger charge is -2.25. The smallest absolute Gasteiger partial charge is 0.165 e. The van der Waals surface area contributed by atoms with Crippen LogP contribution < -0.4 is 10.1 Å². The van der Waals surface area contributed by atoms with E-state index in [0.29, 0.717) is 5.75 Å². The van der Waals surface area contributed by atoms with Crippen molar-refractivity contribution in [3.05, 3.63) is 29.6 Å². The van der Waals surface area contributed by atoms with Crippen LogP contribution in [0.4, 0.5) is 4.39 Å². The molecule has 0 atom stereocenters. The maximum Gasteiger partial charge on any atom is 0.165 e. The van der Waals surface area contributed by atoms with Gasteiger partial charge in [-0.1, -0.05) is 19.9 Å². The molecule has 1 aromatic carbocycles. The summed E-state index contributed by atoms with van der Waals surface area (Å²) in [5.41, 5.74) is 1.29. The van der Waals surface area contributed by atoms with Crippen molar-refractivity contribution in [2.75, 3.05) is 13.7 Å². The summed E-state index contributed by atoms with van der Waals surface area (Å²) in [6.45, 7) is 5.57. The first-order valence-corrected chi connectivity index (χ1v) is 7.06. The molecule has 3 heteroatoms. The van der Waals surface area contributed by atoms with Crippen LogP contribution >= 0.6 is 0 Å². The first kappa shape index (κ1) is 14.3. The van der Waals surface area contributed by atoms with E-state index in [4.69, 9.17) is 4.74 Å². The summed E-state index contributed by atoms with van der Waals surface area (Å²) >= 11 is 0. The summed E-state index contributed by atoms with van der Waals surface area (Å²) in [5, 5.41) is 3.57. The molecular weight excluding hydrogens is 241 g/mol. The van der Waals surface area contributed by atoms with Gasteiger partial charge in [0.25, 0.3) is 0 Å². The molecule has 1 fully saturated rings. The van der Waals surface area contributed by atoms with Gasteiger partial charge in [-0.05, 0) is 48.8 Å². The van der Waals surface area contributed by atoms with Gasteiger partial charge in [-0.15, -0.1) is 0 Å². The van der Waals surface area contributed by atoms with E-state index in [1.807, 2.05) is 6.07 Å². The van der Waals surface area contributed by atoms with E-state index >= 15 is 0 Å². The Morgan fingerprint density at radius 2 is 2.11 bits per heavy atom. The molecule has 19 heavy (non-hydrogen) atoms. The van der Waals surface area contributed by atoms with Crippen LogP contribution in [0, 0.1) is 11.2 Å². The Morgan fingerprint density at radius 3 is 2.68 bits per heavy atom. The maximum absolute atomic E-state index is 13.6. The largest absolute Gasteiger partial charge is 0.494 e. The van der Waals surface area contributed by atoms with Gasteiger partial charge >= 0.3 is 0 Å². The van der Waals surface area contributed by atoms with Crippen molar-refractivity contribution >= 4 is 0 Å². The molecule has 1 N–H and O–H groups in total. The molecule has 2 rings (SSSR count). The number of rotatable bonds is 7. The molecule has 0 radical (unpaired) electrons. The van der Waals surface area contributed by atoms with Crippen LogP contribution in [-0.4, -0.2) is 19.7 Å². The minimum absolute atomic E-state index is 0.249. The lowest BCUT2D eigenvalue weighted by molar-refractivity contribution is 0.313. The number of hydrogen-bond acceptors (Lipinski definition) is 2. The summed E-state index contributed by atoms with van der Waals surface area (Å²) in [6, 6.07) is 5.99. The molecule has 0 unspecified atom stereocenters. The number of hydrogen-bond donors (Lipinski definition) is 1. The molecule has 0 amide bonds. The minimum Gasteiger partial charge on any atom is -0.494 e. The molecule has 1 aromatic rings. The van der Waals surface area contributed by atoms with Gasteiger partial charge in [0, 0.05) is 12.6 Å². The van der Waals surface area contributed by atoms with Gasteiger partial charge < -0.3 is 10.1 Å². The number of benzene rings is 1. The van der Waals surface area contributed by atoms with Crippen molar-refractivity contribution in [3.63, 3.8) is 0 Å². The number of ether oxygens (including phenoxy) is 1. The average molecular weight is 265 g/mol. The Morgan fingerprint density at radius 1 is 1.37 bits per heavy atom. The van der Waals surface area contributed by atoms with Crippen LogP contribution in [-0.2, 0) is 6.42 Å². The van der Waals surface area contributed by atoms with Crippen molar-refractivity contribution in [2.24, 2.45) is 5.41 Å². The highest BCUT2D eigenvalue weighted by atomic mass is 19.1. The van der Waals surface area contributed by atoms with Gasteiger partial charge in [0.05, 0.1) is 7.11 Å². The Bertz CT molecular complexity index is 427. The highest BCUT2D eigenvalue weighted by molar-refractivity contribution is 5.29. The van der Waals surface area contributed by atoms with Crippen LogP contribution in [0.3, 0.4) is 0 Å². The summed E-state index contributed by atoms with van der Waals surface area (Å²) < 4.78 is 18.5. The molecule has 0 aliphatic heterocycles. The fraction of sp³-hybridized carbons (Fsp3) is 0.625. The summed E-state index contributed by atoms with van der Waals surface area (Å²) in [4.78, 5) is 0. The summed E-state index contributed by atoms with van der Waals surface area (Å²) in [6.07, 6.45) is 4.60. The van der Waals surface area contributed by atoms with Crippen molar-refractivity contribution in [1.29, 1.82) is 0 Å². The zero-order chi connectivity index (χ0) is 13.9. The number of methoxy groups -OCH3 is 1. The summed E-state index contributed by atoms with van der Waals surface area (Å²) in [5.74, 6) is 0.0484. The van der Waals surface area contributed by atoms with Crippen LogP contribution in [0.1, 0.15) is 38.7 Å². The molecular formula is C16H24FNO. The maximum atomic E-state index is 13.6. The highest BCUT2D eigenvalue weighted by Crippen LogP contribution is 2.26. The molecule has 2 nitrogen and oxygen atoms in total. The highest BCUT2D eigenvalue weighted by Gasteiger charge is 2.25. The van der Waals surface area contributed by atoms with Crippen LogP contribution in [0.2, 0.25) is 0 Å². The Hall–Kier alpha value is -1.09. The number of nitrogens with one attached hydrogen (secondary N) is 1. The topological polar surface area (TPSA) is 21.3 Å². The molecule has 0 aromatic heterocycles. The van der Waals surface area contributed by atoms with Crippen LogP contribution in [0.5, 0.6) is 5.75 Å². The normalized spacial score (nSPS) is 15.6. The number of aryl methyl sites for hydroxylation is 1. The third-order valence-corrected chi connectivity index (χ3v) is 3.75. The van der Waals surface area contributed by atoms with Gasteiger partial charge in [0.1, 0.15) is 0 Å². The zero-order valence-electron chi connectivity index (χ0n) is 12.1. The van der Waals surface area contributed by atoms with E-state index in [1.165, 1.54) is 20.0 Å². The van der Waals surface area contributed by atoms with Gasteiger partial charge in [-0.2, -0.15) is 0 Å². The van der Waals surface area contributed by atoms with E-state index in [0.717, 1.165) is 31.0 Å². The Kier molecular flexibility index (Phi) is 4.46. The van der Waals surface area contributed by atoms with E-state index in [1.54, 1.807) is 12.1 Å². The van der Waals surface area contributed by atoms with Crippen molar-refractivity contribution in [2.45, 2.75) is 45.6 Å². The van der Waals surface area contributed by atoms with Crippen LogP contribution in [0.15, 0.2) is 18.2 Å². The fourth-order valence-electron chi connectivity index (χ4n) is 2.14. The molecule has 0 saturated heterocycles. The van der Waals surface area contributed by atoms with Crippen molar-refractivity contribution < 1.29 is 9.13 Å². The SMILES string of the molecule is COc1ccc(CCC(C)(C)CNC2CC2)cc1F. The van der Waals surface area contributed by atoms with E-state index in [2.05, 4.69) is 19.2 Å². The van der Waals surface area contributed by atoms with E-state index < -0.39 is 0 Å². The predicted molar refractivity (Wildman–Crippen MR) is 76.1 cm³/mol. The average Bonchev–Trinajstić information content (AvgIpc) is 3.18. The Labute approximate surface area is 115 Å². The van der Waals surface area contributed by atoms with Gasteiger partial charge in [0.2, 0.25) is 0 Å². The first-order chi connectivity index (χ1) is 9.00. The van der Waals surface area contributed by atoms with Gasteiger partial charge in [-0.25, -0.2) is 4.39 Å². The quantitative estimate of drug-likeness (QED) is 0.814. The molecule has 0 bridgehead atoms. The molecule has 1 aliphatic carbocycles. The summed E-state index contributed by atoms with van der Waals surface area (Å²) in [7, 11) is 1.49. The minimum atomic E-state index is -0.270. The van der Waals surface area contributed by atoms with Crippen molar-refractivity contribution in [3.8, 4) is 5.75 Å². The fourth-order valence-corrected chi connectivity index (χ4v) is 2.14. The van der Waals surface area contributed by atoms with Gasteiger partial charge in [0.15, 0.2) is 11.6 Å². The molecule has 0 heterocycles. The second-order valence-corrected chi connectivity index (χ2v) is 6.29. The first-order valence-electron chi connectivity index (χ1n) is 7.06. The molecule has 0 spiro atoms. The lowest BCUT2D eigenvalue weighted by Crippen LogP contribution is -2.31. The second kappa shape index (κ2) is 5.91. The second-order valence-electron chi connectivity index (χ2n) is 6.29. The number of halogens is 1. The predicted octanol–water partition coefficient (Wildman–Crippen LogP) is 3.55. The monoisotopic (exact) mass is 265 g/mol. The van der Waals surface area contributed by atoms with E-state index in [9.17, 15) is 4.39 Å². The standard InChI is InChI=1S/C16H24FNO/c1-16(2,11-18-13-5-6-13)9-8-12-4-7-15(19-3)14(17)10-12/h4,7,10,13,18H,5-6,8-9,11H2,1-3H3. The molecule has 106 valence electrons. The molecule has 1 saturated carbocycles. The zero-order valence-corrected chi connectivity index (χ0v) is 12.1. The van der Waals surface area contributed by atoms with Gasteiger partial charge in [-0.3, -0.25) is 0 Å². The molecule has 1 aliphatic rings. The Balaban J connectivity index is 1.84. The van der Waals surface area contributed by atoms with Crippen molar-refractivity contribution in [1.82, 2.24) is 5.32 Å². The van der Waals surface area contributed by atoms with E-state index in [-0.39, 0.29) is 11.2 Å². The third-order valence-electron chi connectivity index (χ3n) is 3.75.